The van der Waals surface area contributed by atoms with E-state index in [2.05, 4.69) is 12.2 Å². The molecule has 6 heteroatoms. The standard InChI is InChI=1S/C7HCl3O2S/c8-2-1-3-6(5(10)4(2)9)12-7(13)11-3/h1H. The average Bonchev–Trinajstić information content (AvgIpc) is 2.42. The van der Waals surface area contributed by atoms with E-state index in [1.54, 1.807) is 0 Å². The molecule has 1 aromatic carbocycles. The number of rotatable bonds is 0. The second-order valence-corrected chi connectivity index (χ2v) is 3.76. The number of fused-ring (bicyclic) bond motifs is 1. The Balaban J connectivity index is 3.00. The minimum absolute atomic E-state index is 0.00441. The number of benzene rings is 1. The maximum absolute atomic E-state index is 5.83. The quantitative estimate of drug-likeness (QED) is 0.503. The van der Waals surface area contributed by atoms with Crippen LogP contribution in [-0.2, 0) is 0 Å². The Morgan fingerprint density at radius 1 is 1.08 bits per heavy atom. The third-order valence-electron chi connectivity index (χ3n) is 1.46. The van der Waals surface area contributed by atoms with E-state index in [0.717, 1.165) is 0 Å². The molecular weight excluding hydrogens is 255 g/mol. The molecule has 13 heavy (non-hydrogen) atoms. The summed E-state index contributed by atoms with van der Waals surface area (Å²) in [6.45, 7) is 0. The minimum Gasteiger partial charge on any atom is -0.413 e. The zero-order valence-electron chi connectivity index (χ0n) is 5.94. The fraction of sp³-hybridized carbons (Fsp3) is 0. The van der Waals surface area contributed by atoms with E-state index in [4.69, 9.17) is 43.6 Å². The molecule has 0 bridgehead atoms. The number of hydrogen-bond acceptors (Lipinski definition) is 3. The van der Waals surface area contributed by atoms with E-state index in [0.29, 0.717) is 16.2 Å². The predicted octanol–water partition coefficient (Wildman–Crippen LogP) is 4.72. The maximum Gasteiger partial charge on any atom is 0.363 e. The van der Waals surface area contributed by atoms with Gasteiger partial charge in [0.05, 0.1) is 10.0 Å². The Labute approximate surface area is 93.0 Å². The first kappa shape index (κ1) is 9.34. The van der Waals surface area contributed by atoms with Crippen LogP contribution in [0.15, 0.2) is 14.9 Å². The number of hydrogen-bond donors (Lipinski definition) is 0. The Kier molecular flexibility index (Phi) is 2.28. The van der Waals surface area contributed by atoms with Crippen LogP contribution in [0.4, 0.5) is 0 Å². The molecule has 0 unspecified atom stereocenters. The summed E-state index contributed by atoms with van der Waals surface area (Å²) in [5.74, 6) is 0. The normalized spacial score (nSPS) is 11.0. The molecule has 0 fully saturated rings. The lowest BCUT2D eigenvalue weighted by Crippen LogP contribution is -1.72. The summed E-state index contributed by atoms with van der Waals surface area (Å²) >= 11 is 22.0. The first-order chi connectivity index (χ1) is 6.09. The van der Waals surface area contributed by atoms with Gasteiger partial charge in [0.1, 0.15) is 5.02 Å². The van der Waals surface area contributed by atoms with Crippen LogP contribution in [0.3, 0.4) is 0 Å². The van der Waals surface area contributed by atoms with E-state index in [1.807, 2.05) is 0 Å². The molecule has 2 aromatic rings. The monoisotopic (exact) mass is 254 g/mol. The van der Waals surface area contributed by atoms with Crippen LogP contribution in [0.2, 0.25) is 15.1 Å². The van der Waals surface area contributed by atoms with Crippen LogP contribution in [0.5, 0.6) is 0 Å². The molecule has 1 heterocycles. The molecule has 0 aliphatic rings. The van der Waals surface area contributed by atoms with Gasteiger partial charge >= 0.3 is 4.90 Å². The lowest BCUT2D eigenvalue weighted by atomic mass is 10.3. The van der Waals surface area contributed by atoms with Gasteiger partial charge in [-0.15, -0.1) is 0 Å². The van der Waals surface area contributed by atoms with Gasteiger partial charge in [-0.2, -0.15) is 0 Å². The van der Waals surface area contributed by atoms with Crippen molar-refractivity contribution < 1.29 is 8.83 Å². The lowest BCUT2D eigenvalue weighted by molar-refractivity contribution is 0.444. The van der Waals surface area contributed by atoms with E-state index < -0.39 is 0 Å². The van der Waals surface area contributed by atoms with Crippen LogP contribution >= 0.6 is 47.0 Å². The molecule has 0 N–H and O–H groups in total. The van der Waals surface area contributed by atoms with E-state index in [-0.39, 0.29) is 14.9 Å². The minimum atomic E-state index is -0.00441. The van der Waals surface area contributed by atoms with Crippen LogP contribution in [-0.4, -0.2) is 0 Å². The smallest absolute Gasteiger partial charge is 0.363 e. The highest BCUT2D eigenvalue weighted by Crippen LogP contribution is 2.37. The van der Waals surface area contributed by atoms with E-state index >= 15 is 0 Å². The van der Waals surface area contributed by atoms with Gasteiger partial charge in [0.25, 0.3) is 0 Å². The van der Waals surface area contributed by atoms with Gasteiger partial charge in [-0.05, 0) is 0 Å². The lowest BCUT2D eigenvalue weighted by Gasteiger charge is -1.96. The Morgan fingerprint density at radius 3 is 2.46 bits per heavy atom. The van der Waals surface area contributed by atoms with Crippen molar-refractivity contribution in [2.75, 3.05) is 0 Å². The highest BCUT2D eigenvalue weighted by molar-refractivity contribution is 7.71. The average molecular weight is 256 g/mol. The Hall–Kier alpha value is -0.220. The van der Waals surface area contributed by atoms with Gasteiger partial charge in [0.2, 0.25) is 0 Å². The van der Waals surface area contributed by atoms with Crippen molar-refractivity contribution in [2.24, 2.45) is 0 Å². The highest BCUT2D eigenvalue weighted by Gasteiger charge is 2.13. The third-order valence-corrected chi connectivity index (χ3v) is 2.87. The Morgan fingerprint density at radius 2 is 1.77 bits per heavy atom. The maximum atomic E-state index is 5.83. The van der Waals surface area contributed by atoms with Crippen LogP contribution in [0.1, 0.15) is 0 Å². The van der Waals surface area contributed by atoms with Crippen molar-refractivity contribution in [2.45, 2.75) is 0 Å². The molecule has 2 nitrogen and oxygen atoms in total. The van der Waals surface area contributed by atoms with Gasteiger partial charge in [-0.25, -0.2) is 0 Å². The summed E-state index contributed by atoms with van der Waals surface area (Å²) in [5, 5.41) is 0.748. The van der Waals surface area contributed by atoms with Gasteiger partial charge in [-0.3, -0.25) is 0 Å². The molecule has 0 saturated heterocycles. The van der Waals surface area contributed by atoms with Gasteiger partial charge in [0.15, 0.2) is 11.2 Å². The van der Waals surface area contributed by atoms with Crippen molar-refractivity contribution >= 4 is 58.2 Å². The third kappa shape index (κ3) is 1.46. The molecule has 0 atom stereocenters. The summed E-state index contributed by atoms with van der Waals surface area (Å²) in [6.07, 6.45) is 0. The second-order valence-electron chi connectivity index (χ2n) is 2.27. The van der Waals surface area contributed by atoms with Crippen molar-refractivity contribution in [3.63, 3.8) is 0 Å². The largest absolute Gasteiger partial charge is 0.413 e. The van der Waals surface area contributed by atoms with Crippen molar-refractivity contribution in [3.8, 4) is 0 Å². The molecule has 0 aliphatic carbocycles. The van der Waals surface area contributed by atoms with Gasteiger partial charge < -0.3 is 8.83 Å². The molecule has 0 radical (unpaired) electrons. The zero-order chi connectivity index (χ0) is 9.59. The van der Waals surface area contributed by atoms with Crippen LogP contribution in [0, 0.1) is 4.90 Å². The summed E-state index contributed by atoms with van der Waals surface area (Å²) in [5.41, 5.74) is 0.713. The molecule has 68 valence electrons. The second kappa shape index (κ2) is 3.17. The molecule has 1 aromatic heterocycles. The van der Waals surface area contributed by atoms with Crippen LogP contribution < -0.4 is 0 Å². The summed E-state index contributed by atoms with van der Waals surface area (Å²) in [4.78, 5) is -0.00441. The summed E-state index contributed by atoms with van der Waals surface area (Å²) in [6, 6.07) is 1.50. The fourth-order valence-corrected chi connectivity index (χ4v) is 1.71. The fourth-order valence-electron chi connectivity index (χ4n) is 0.922. The van der Waals surface area contributed by atoms with Crippen molar-refractivity contribution in [1.29, 1.82) is 0 Å². The van der Waals surface area contributed by atoms with Gasteiger partial charge in [0, 0.05) is 18.3 Å². The highest BCUT2D eigenvalue weighted by atomic mass is 35.5. The van der Waals surface area contributed by atoms with Gasteiger partial charge in [-0.1, -0.05) is 34.8 Å². The summed E-state index contributed by atoms with van der Waals surface area (Å²) in [7, 11) is 0. The zero-order valence-corrected chi connectivity index (χ0v) is 9.02. The molecule has 0 aliphatic heterocycles. The van der Waals surface area contributed by atoms with Crippen molar-refractivity contribution in [1.82, 2.24) is 0 Å². The van der Waals surface area contributed by atoms with E-state index in [9.17, 15) is 0 Å². The molecule has 0 saturated carbocycles. The first-order valence-corrected chi connectivity index (χ1v) is 4.71. The van der Waals surface area contributed by atoms with Crippen LogP contribution in [0.25, 0.3) is 11.2 Å². The molecule has 0 amide bonds. The number of halogens is 3. The SMILES string of the molecule is S=c1oc2cc(Cl)c(Cl)c(Cl)c2o1. The van der Waals surface area contributed by atoms with E-state index in [1.165, 1.54) is 6.07 Å². The Bertz CT molecular complexity index is 528. The first-order valence-electron chi connectivity index (χ1n) is 3.16. The summed E-state index contributed by atoms with van der Waals surface area (Å²) < 4.78 is 10.0. The van der Waals surface area contributed by atoms with Crippen molar-refractivity contribution in [3.05, 3.63) is 26.0 Å². The molecule has 0 spiro atoms. The molecule has 2 rings (SSSR count). The predicted molar refractivity (Wildman–Crippen MR) is 54.3 cm³/mol. The topological polar surface area (TPSA) is 26.3 Å². The molecular formula is C7HCl3O2S.